The molecule has 2 aromatic heterocycles. The third-order valence-corrected chi connectivity index (χ3v) is 5.34. The van der Waals surface area contributed by atoms with E-state index in [-0.39, 0.29) is 0 Å². The number of hydrogen-bond donors (Lipinski definition) is 2. The van der Waals surface area contributed by atoms with Gasteiger partial charge in [0, 0.05) is 28.9 Å². The van der Waals surface area contributed by atoms with Gasteiger partial charge in [0.15, 0.2) is 11.6 Å². The van der Waals surface area contributed by atoms with E-state index in [2.05, 4.69) is 55.7 Å². The van der Waals surface area contributed by atoms with Crippen LogP contribution in [0.15, 0.2) is 46.9 Å². The van der Waals surface area contributed by atoms with Crippen molar-refractivity contribution in [2.45, 2.75) is 33.2 Å². The molecule has 0 aliphatic heterocycles. The predicted octanol–water partition coefficient (Wildman–Crippen LogP) is 5.07. The highest BCUT2D eigenvalue weighted by atomic mass is 16.3. The fraction of sp³-hybridized carbons (Fsp3) is 0.304. The van der Waals surface area contributed by atoms with Crippen molar-refractivity contribution in [1.29, 1.82) is 0 Å². The van der Waals surface area contributed by atoms with Gasteiger partial charge < -0.3 is 15.1 Å². The SMILES string of the molecule is CNC(C)CCNc1nc(-c2oc3ccccc3c2C)nc2c(C)cccc12. The molecule has 0 saturated heterocycles. The van der Waals surface area contributed by atoms with Crippen LogP contribution in [0.4, 0.5) is 5.82 Å². The molecule has 0 amide bonds. The second kappa shape index (κ2) is 7.60. The number of rotatable bonds is 6. The lowest BCUT2D eigenvalue weighted by atomic mass is 10.1. The van der Waals surface area contributed by atoms with Crippen molar-refractivity contribution in [3.8, 4) is 11.6 Å². The summed E-state index contributed by atoms with van der Waals surface area (Å²) in [6.45, 7) is 7.15. The smallest absolute Gasteiger partial charge is 0.198 e. The van der Waals surface area contributed by atoms with Crippen molar-refractivity contribution >= 4 is 27.7 Å². The van der Waals surface area contributed by atoms with Crippen LogP contribution in [0, 0.1) is 13.8 Å². The van der Waals surface area contributed by atoms with Crippen LogP contribution in [0.2, 0.25) is 0 Å². The first-order valence-corrected chi connectivity index (χ1v) is 9.75. The Morgan fingerprint density at radius 3 is 2.57 bits per heavy atom. The van der Waals surface area contributed by atoms with Gasteiger partial charge in [0.2, 0.25) is 0 Å². The highest BCUT2D eigenvalue weighted by Crippen LogP contribution is 2.33. The Labute approximate surface area is 165 Å². The summed E-state index contributed by atoms with van der Waals surface area (Å²) in [4.78, 5) is 9.72. The first kappa shape index (κ1) is 18.4. The maximum Gasteiger partial charge on any atom is 0.198 e. The molecule has 2 N–H and O–H groups in total. The van der Waals surface area contributed by atoms with Crippen molar-refractivity contribution in [1.82, 2.24) is 15.3 Å². The highest BCUT2D eigenvalue weighted by Gasteiger charge is 2.17. The van der Waals surface area contributed by atoms with Crippen LogP contribution in [-0.2, 0) is 0 Å². The van der Waals surface area contributed by atoms with Gasteiger partial charge in [0.25, 0.3) is 0 Å². The van der Waals surface area contributed by atoms with Gasteiger partial charge in [-0.25, -0.2) is 9.97 Å². The molecule has 5 nitrogen and oxygen atoms in total. The molecule has 0 radical (unpaired) electrons. The predicted molar refractivity (Wildman–Crippen MR) is 116 cm³/mol. The van der Waals surface area contributed by atoms with E-state index in [4.69, 9.17) is 14.4 Å². The summed E-state index contributed by atoms with van der Waals surface area (Å²) in [5.74, 6) is 2.21. The Bertz CT molecular complexity index is 1130. The molecule has 0 fully saturated rings. The van der Waals surface area contributed by atoms with Gasteiger partial charge in [-0.1, -0.05) is 30.3 Å². The van der Waals surface area contributed by atoms with Crippen LogP contribution < -0.4 is 10.6 Å². The molecule has 5 heteroatoms. The van der Waals surface area contributed by atoms with E-state index in [0.29, 0.717) is 11.9 Å². The molecule has 1 atom stereocenters. The van der Waals surface area contributed by atoms with Gasteiger partial charge in [-0.2, -0.15) is 0 Å². The minimum atomic E-state index is 0.444. The van der Waals surface area contributed by atoms with E-state index in [1.807, 2.05) is 25.2 Å². The van der Waals surface area contributed by atoms with Crippen molar-refractivity contribution in [3.63, 3.8) is 0 Å². The highest BCUT2D eigenvalue weighted by molar-refractivity contribution is 5.93. The normalized spacial score (nSPS) is 12.6. The number of aromatic nitrogens is 2. The number of nitrogens with one attached hydrogen (secondary N) is 2. The monoisotopic (exact) mass is 374 g/mol. The van der Waals surface area contributed by atoms with Gasteiger partial charge in [0.05, 0.1) is 5.52 Å². The van der Waals surface area contributed by atoms with Crippen LogP contribution in [-0.4, -0.2) is 29.6 Å². The number of nitrogens with zero attached hydrogens (tertiary/aromatic N) is 2. The molecule has 2 heterocycles. The summed E-state index contributed by atoms with van der Waals surface area (Å²) in [6.07, 6.45) is 1.01. The van der Waals surface area contributed by atoms with Gasteiger partial charge >= 0.3 is 0 Å². The van der Waals surface area contributed by atoms with Crippen molar-refractivity contribution in [2.24, 2.45) is 0 Å². The third kappa shape index (κ3) is 3.34. The lowest BCUT2D eigenvalue weighted by molar-refractivity contribution is 0.580. The van der Waals surface area contributed by atoms with E-state index < -0.39 is 0 Å². The van der Waals surface area contributed by atoms with Crippen LogP contribution in [0.1, 0.15) is 24.5 Å². The zero-order valence-electron chi connectivity index (χ0n) is 16.8. The molecule has 2 aromatic carbocycles. The van der Waals surface area contributed by atoms with E-state index in [1.165, 1.54) is 0 Å². The maximum absolute atomic E-state index is 6.13. The first-order chi connectivity index (χ1) is 13.6. The minimum absolute atomic E-state index is 0.444. The number of fused-ring (bicyclic) bond motifs is 2. The Balaban J connectivity index is 1.82. The average Bonchev–Trinajstić information content (AvgIpc) is 3.05. The molecule has 0 bridgehead atoms. The van der Waals surface area contributed by atoms with Crippen LogP contribution in [0.25, 0.3) is 33.5 Å². The fourth-order valence-electron chi connectivity index (χ4n) is 3.47. The van der Waals surface area contributed by atoms with Crippen molar-refractivity contribution < 1.29 is 4.42 Å². The lowest BCUT2D eigenvalue weighted by Crippen LogP contribution is -2.24. The number of benzene rings is 2. The van der Waals surface area contributed by atoms with Crippen LogP contribution in [0.3, 0.4) is 0 Å². The Kier molecular flexibility index (Phi) is 5.01. The summed E-state index contributed by atoms with van der Waals surface area (Å²) in [6, 6.07) is 14.7. The molecule has 4 aromatic rings. The molecule has 0 saturated carbocycles. The number of anilines is 1. The molecule has 4 rings (SSSR count). The van der Waals surface area contributed by atoms with Gasteiger partial charge in [-0.05, 0) is 51.9 Å². The standard InChI is InChI=1S/C23H26N4O/c1-14-8-7-10-18-20(14)26-23(27-22(18)25-13-12-15(2)24-4)21-16(3)17-9-5-6-11-19(17)28-21/h5-11,15,24H,12-13H2,1-4H3,(H,25,26,27). The molecule has 1 unspecified atom stereocenters. The summed E-state index contributed by atoms with van der Waals surface area (Å²) in [5, 5.41) is 8.92. The van der Waals surface area contributed by atoms with Crippen LogP contribution in [0.5, 0.6) is 0 Å². The van der Waals surface area contributed by atoms with E-state index in [9.17, 15) is 0 Å². The van der Waals surface area contributed by atoms with E-state index in [0.717, 1.165) is 57.5 Å². The summed E-state index contributed by atoms with van der Waals surface area (Å²) in [7, 11) is 1.98. The van der Waals surface area contributed by atoms with Crippen molar-refractivity contribution in [2.75, 3.05) is 18.9 Å². The molecular weight excluding hydrogens is 348 g/mol. The third-order valence-electron chi connectivity index (χ3n) is 5.34. The first-order valence-electron chi connectivity index (χ1n) is 9.75. The number of hydrogen-bond acceptors (Lipinski definition) is 5. The Hall–Kier alpha value is -2.92. The zero-order chi connectivity index (χ0) is 19.7. The number of aryl methyl sites for hydroxylation is 2. The summed E-state index contributed by atoms with van der Waals surface area (Å²) in [5.41, 5.74) is 4.01. The Morgan fingerprint density at radius 2 is 1.79 bits per heavy atom. The van der Waals surface area contributed by atoms with E-state index in [1.54, 1.807) is 0 Å². The topological polar surface area (TPSA) is 63.0 Å². The quantitative estimate of drug-likeness (QED) is 0.493. The summed E-state index contributed by atoms with van der Waals surface area (Å²) >= 11 is 0. The molecule has 0 aliphatic carbocycles. The largest absolute Gasteiger partial charge is 0.452 e. The Morgan fingerprint density at radius 1 is 1.00 bits per heavy atom. The molecule has 28 heavy (non-hydrogen) atoms. The lowest BCUT2D eigenvalue weighted by Gasteiger charge is -2.14. The summed E-state index contributed by atoms with van der Waals surface area (Å²) < 4.78 is 6.13. The average molecular weight is 374 g/mol. The molecule has 0 aliphatic rings. The molecule has 144 valence electrons. The van der Waals surface area contributed by atoms with Gasteiger partial charge in [-0.15, -0.1) is 0 Å². The second-order valence-electron chi connectivity index (χ2n) is 7.32. The minimum Gasteiger partial charge on any atom is -0.452 e. The molecule has 0 spiro atoms. The van der Waals surface area contributed by atoms with Gasteiger partial charge in [-0.3, -0.25) is 0 Å². The fourth-order valence-corrected chi connectivity index (χ4v) is 3.47. The van der Waals surface area contributed by atoms with Gasteiger partial charge in [0.1, 0.15) is 11.4 Å². The second-order valence-corrected chi connectivity index (χ2v) is 7.32. The molecular formula is C23H26N4O. The van der Waals surface area contributed by atoms with Crippen molar-refractivity contribution in [3.05, 3.63) is 53.6 Å². The maximum atomic E-state index is 6.13. The van der Waals surface area contributed by atoms with Crippen LogP contribution >= 0.6 is 0 Å². The number of furan rings is 1. The number of para-hydroxylation sites is 2. The zero-order valence-corrected chi connectivity index (χ0v) is 16.8. The van der Waals surface area contributed by atoms with E-state index >= 15 is 0 Å².